The predicted octanol–water partition coefficient (Wildman–Crippen LogP) is 2.06. The molecule has 130 valence electrons. The fraction of sp³-hybridized carbons (Fsp3) is 0.706. The first kappa shape index (κ1) is 17.8. The van der Waals surface area contributed by atoms with Crippen LogP contribution in [0.3, 0.4) is 0 Å². The Hall–Kier alpha value is -1.53. The highest BCUT2D eigenvalue weighted by Crippen LogP contribution is 2.26. The third kappa shape index (κ3) is 5.88. The molecule has 6 nitrogen and oxygen atoms in total. The Bertz CT molecular complexity index is 481. The molecule has 0 spiro atoms. The largest absolute Gasteiger partial charge is 0.465 e. The van der Waals surface area contributed by atoms with Crippen molar-refractivity contribution in [2.24, 2.45) is 10.7 Å². The Balaban J connectivity index is 1.86. The molecule has 0 aliphatic carbocycles. The molecule has 23 heavy (non-hydrogen) atoms. The number of guanidine groups is 1. The lowest BCUT2D eigenvalue weighted by Crippen LogP contribution is -2.34. The van der Waals surface area contributed by atoms with E-state index in [-0.39, 0.29) is 6.04 Å². The van der Waals surface area contributed by atoms with Gasteiger partial charge in [-0.1, -0.05) is 0 Å². The van der Waals surface area contributed by atoms with Gasteiger partial charge >= 0.3 is 0 Å². The number of aliphatic imine (C=N–C) groups is 1. The van der Waals surface area contributed by atoms with E-state index in [0.717, 1.165) is 50.8 Å². The van der Waals surface area contributed by atoms with E-state index in [9.17, 15) is 0 Å². The molecule has 0 amide bonds. The summed E-state index contributed by atoms with van der Waals surface area (Å²) in [6.07, 6.45) is 3.41. The fourth-order valence-corrected chi connectivity index (χ4v) is 2.85. The normalized spacial score (nSPS) is 17.6. The molecule has 0 bridgehead atoms. The first-order valence-corrected chi connectivity index (χ1v) is 8.62. The van der Waals surface area contributed by atoms with Crippen LogP contribution in [-0.2, 0) is 4.74 Å². The number of hydrogen-bond donors (Lipinski definition) is 2. The monoisotopic (exact) mass is 322 g/mol. The van der Waals surface area contributed by atoms with Gasteiger partial charge in [-0.15, -0.1) is 0 Å². The van der Waals surface area contributed by atoms with Gasteiger partial charge in [0.05, 0.1) is 12.6 Å². The van der Waals surface area contributed by atoms with Crippen molar-refractivity contribution in [1.82, 2.24) is 10.2 Å². The summed E-state index contributed by atoms with van der Waals surface area (Å²) < 4.78 is 11.1. The first-order valence-electron chi connectivity index (χ1n) is 8.62. The van der Waals surface area contributed by atoms with Crippen LogP contribution in [0.1, 0.15) is 43.7 Å². The molecule has 3 N–H and O–H groups in total. The van der Waals surface area contributed by atoms with Crippen molar-refractivity contribution in [3.05, 3.63) is 23.7 Å². The summed E-state index contributed by atoms with van der Waals surface area (Å²) in [7, 11) is 0. The predicted molar refractivity (Wildman–Crippen MR) is 92.6 cm³/mol. The van der Waals surface area contributed by atoms with Gasteiger partial charge < -0.3 is 20.2 Å². The Labute approximate surface area is 139 Å². The summed E-state index contributed by atoms with van der Waals surface area (Å²) in [5.74, 6) is 2.42. The molecule has 6 heteroatoms. The summed E-state index contributed by atoms with van der Waals surface area (Å²) in [6.45, 7) is 9.08. The molecule has 1 unspecified atom stereocenters. The lowest BCUT2D eigenvalue weighted by atomic mass is 10.2. The lowest BCUT2D eigenvalue weighted by molar-refractivity contribution is 0.145. The van der Waals surface area contributed by atoms with Crippen LogP contribution >= 0.6 is 0 Å². The number of furan rings is 1. The Morgan fingerprint density at radius 2 is 2.22 bits per heavy atom. The van der Waals surface area contributed by atoms with Crippen LogP contribution in [0.5, 0.6) is 0 Å². The minimum absolute atomic E-state index is 0.176. The SMILES string of the molecule is CCOCCCNC(N)=NCC(c1ccc(C)o1)N1CCCC1. The summed E-state index contributed by atoms with van der Waals surface area (Å²) in [5, 5.41) is 3.14. The maximum Gasteiger partial charge on any atom is 0.188 e. The van der Waals surface area contributed by atoms with Crippen molar-refractivity contribution in [2.75, 3.05) is 39.4 Å². The molecule has 0 saturated carbocycles. The van der Waals surface area contributed by atoms with Crippen LogP contribution < -0.4 is 11.1 Å². The third-order valence-corrected chi connectivity index (χ3v) is 4.08. The standard InChI is InChI=1S/C17H30N4O2/c1-3-22-12-6-9-19-17(18)20-13-15(21-10-4-5-11-21)16-8-7-14(2)23-16/h7-8,15H,3-6,9-13H2,1-2H3,(H3,18,19,20). The summed E-state index contributed by atoms with van der Waals surface area (Å²) in [5.41, 5.74) is 5.97. The summed E-state index contributed by atoms with van der Waals surface area (Å²) >= 11 is 0. The van der Waals surface area contributed by atoms with Gasteiger partial charge in [-0.3, -0.25) is 9.89 Å². The van der Waals surface area contributed by atoms with E-state index >= 15 is 0 Å². The number of aryl methyl sites for hydroxylation is 1. The van der Waals surface area contributed by atoms with Crippen molar-refractivity contribution in [2.45, 2.75) is 39.2 Å². The molecule has 1 fully saturated rings. The molecule has 0 aromatic carbocycles. The van der Waals surface area contributed by atoms with Crippen molar-refractivity contribution in [3.63, 3.8) is 0 Å². The molecule has 1 aliphatic rings. The Kier molecular flexibility index (Phi) is 7.42. The summed E-state index contributed by atoms with van der Waals surface area (Å²) in [6, 6.07) is 4.24. The average molecular weight is 322 g/mol. The maximum atomic E-state index is 5.97. The van der Waals surface area contributed by atoms with Crippen molar-refractivity contribution in [3.8, 4) is 0 Å². The van der Waals surface area contributed by atoms with Gasteiger partial charge in [0.15, 0.2) is 5.96 Å². The number of nitrogens with one attached hydrogen (secondary N) is 1. The molecule has 2 rings (SSSR count). The molecule has 1 aromatic heterocycles. The first-order chi connectivity index (χ1) is 11.2. The highest BCUT2D eigenvalue weighted by Gasteiger charge is 2.25. The zero-order chi connectivity index (χ0) is 16.5. The van der Waals surface area contributed by atoms with E-state index in [1.807, 2.05) is 19.9 Å². The van der Waals surface area contributed by atoms with E-state index in [4.69, 9.17) is 14.9 Å². The number of nitrogens with two attached hydrogens (primary N) is 1. The maximum absolute atomic E-state index is 5.97. The Morgan fingerprint density at radius 3 is 2.87 bits per heavy atom. The smallest absolute Gasteiger partial charge is 0.188 e. The van der Waals surface area contributed by atoms with Crippen LogP contribution in [0.15, 0.2) is 21.5 Å². The molecule has 1 saturated heterocycles. The van der Waals surface area contributed by atoms with E-state index in [2.05, 4.69) is 21.3 Å². The topological polar surface area (TPSA) is 76.0 Å². The van der Waals surface area contributed by atoms with E-state index < -0.39 is 0 Å². The van der Waals surface area contributed by atoms with E-state index in [1.54, 1.807) is 0 Å². The average Bonchev–Trinajstić information content (AvgIpc) is 3.20. The zero-order valence-electron chi connectivity index (χ0n) is 14.4. The molecule has 0 radical (unpaired) electrons. The number of rotatable bonds is 9. The van der Waals surface area contributed by atoms with Gasteiger partial charge in [0.25, 0.3) is 0 Å². The second kappa shape index (κ2) is 9.57. The van der Waals surface area contributed by atoms with Gasteiger partial charge in [0.2, 0.25) is 0 Å². The van der Waals surface area contributed by atoms with Gasteiger partial charge in [0, 0.05) is 19.8 Å². The van der Waals surface area contributed by atoms with Crippen LogP contribution in [0.4, 0.5) is 0 Å². The van der Waals surface area contributed by atoms with E-state index in [1.165, 1.54) is 12.8 Å². The van der Waals surface area contributed by atoms with Crippen LogP contribution in [0.25, 0.3) is 0 Å². The molecule has 1 aliphatic heterocycles. The number of likely N-dealkylation sites (tertiary alicyclic amines) is 1. The van der Waals surface area contributed by atoms with E-state index in [0.29, 0.717) is 12.5 Å². The van der Waals surface area contributed by atoms with Crippen LogP contribution in [-0.4, -0.2) is 50.3 Å². The van der Waals surface area contributed by atoms with Gasteiger partial charge in [-0.25, -0.2) is 0 Å². The highest BCUT2D eigenvalue weighted by molar-refractivity contribution is 5.77. The number of nitrogens with zero attached hydrogens (tertiary/aromatic N) is 2. The summed E-state index contributed by atoms with van der Waals surface area (Å²) in [4.78, 5) is 6.95. The number of ether oxygens (including phenoxy) is 1. The van der Waals surface area contributed by atoms with Crippen molar-refractivity contribution >= 4 is 5.96 Å². The van der Waals surface area contributed by atoms with Crippen LogP contribution in [0, 0.1) is 6.92 Å². The van der Waals surface area contributed by atoms with Gasteiger partial charge in [0.1, 0.15) is 11.5 Å². The molecular weight excluding hydrogens is 292 g/mol. The highest BCUT2D eigenvalue weighted by atomic mass is 16.5. The van der Waals surface area contributed by atoms with Crippen LogP contribution in [0.2, 0.25) is 0 Å². The van der Waals surface area contributed by atoms with Crippen molar-refractivity contribution in [1.29, 1.82) is 0 Å². The van der Waals surface area contributed by atoms with Crippen molar-refractivity contribution < 1.29 is 9.15 Å². The third-order valence-electron chi connectivity index (χ3n) is 4.08. The number of hydrogen-bond acceptors (Lipinski definition) is 4. The second-order valence-corrected chi connectivity index (χ2v) is 5.91. The molecule has 1 aromatic rings. The molecular formula is C17H30N4O2. The van der Waals surface area contributed by atoms with Gasteiger partial charge in [-0.2, -0.15) is 0 Å². The minimum Gasteiger partial charge on any atom is -0.465 e. The second-order valence-electron chi connectivity index (χ2n) is 5.91. The molecule has 1 atom stereocenters. The minimum atomic E-state index is 0.176. The Morgan fingerprint density at radius 1 is 1.43 bits per heavy atom. The fourth-order valence-electron chi connectivity index (χ4n) is 2.85. The van der Waals surface area contributed by atoms with Gasteiger partial charge in [-0.05, 0) is 58.3 Å². The lowest BCUT2D eigenvalue weighted by Gasteiger charge is -2.24. The zero-order valence-corrected chi connectivity index (χ0v) is 14.4. The quantitative estimate of drug-likeness (QED) is 0.413. The molecule has 2 heterocycles.